The molecule has 1 aliphatic heterocycles. The Bertz CT molecular complexity index is 192. The molecule has 0 aliphatic carbocycles. The predicted molar refractivity (Wildman–Crippen MR) is 79.6 cm³/mol. The number of hydrogen-bond acceptors (Lipinski definition) is 3. The molecule has 3 nitrogen and oxygen atoms in total. The van der Waals surface area contributed by atoms with E-state index in [0.717, 1.165) is 6.04 Å². The zero-order valence-corrected chi connectivity index (χ0v) is 15.2. The standard InChI is InChI=1S/C11H28O3Si3/c1-5-6-7-8-9-17-12-11(2)10-15(3)13-16(4)14-17/h11,15-17H,5-10H2,1-4H3. The van der Waals surface area contributed by atoms with Crippen molar-refractivity contribution in [3.8, 4) is 0 Å². The Hall–Kier alpha value is 0.531. The highest BCUT2D eigenvalue weighted by atomic mass is 28.4. The molecule has 0 saturated carbocycles. The lowest BCUT2D eigenvalue weighted by atomic mass is 10.2. The van der Waals surface area contributed by atoms with Crippen molar-refractivity contribution < 1.29 is 12.7 Å². The van der Waals surface area contributed by atoms with Crippen molar-refractivity contribution in [1.82, 2.24) is 0 Å². The predicted octanol–water partition coefficient (Wildman–Crippen LogP) is 2.44. The van der Waals surface area contributed by atoms with E-state index in [2.05, 4.69) is 26.9 Å². The van der Waals surface area contributed by atoms with Gasteiger partial charge in [-0.25, -0.2) is 0 Å². The molecule has 4 unspecified atom stereocenters. The summed E-state index contributed by atoms with van der Waals surface area (Å²) in [5.74, 6) is 0. The van der Waals surface area contributed by atoms with Crippen LogP contribution in [0, 0.1) is 0 Å². The first-order valence-corrected chi connectivity index (χ1v) is 13.4. The van der Waals surface area contributed by atoms with Crippen molar-refractivity contribution >= 4 is 27.6 Å². The molecule has 4 atom stereocenters. The van der Waals surface area contributed by atoms with Crippen LogP contribution in [0.3, 0.4) is 0 Å². The molecule has 0 radical (unpaired) electrons. The summed E-state index contributed by atoms with van der Waals surface area (Å²) < 4.78 is 18.2. The van der Waals surface area contributed by atoms with E-state index in [1.54, 1.807) is 0 Å². The molecule has 1 saturated heterocycles. The fourth-order valence-electron chi connectivity index (χ4n) is 2.32. The summed E-state index contributed by atoms with van der Waals surface area (Å²) >= 11 is 0. The second-order valence-electron chi connectivity index (χ2n) is 5.11. The topological polar surface area (TPSA) is 27.7 Å². The van der Waals surface area contributed by atoms with Crippen LogP contribution in [0.4, 0.5) is 0 Å². The van der Waals surface area contributed by atoms with Gasteiger partial charge in [0.15, 0.2) is 9.04 Å². The fraction of sp³-hybridized carbons (Fsp3) is 1.00. The van der Waals surface area contributed by atoms with Gasteiger partial charge in [-0.1, -0.05) is 32.6 Å². The zero-order chi connectivity index (χ0) is 12.7. The average Bonchev–Trinajstić information content (AvgIpc) is 2.21. The van der Waals surface area contributed by atoms with Crippen molar-refractivity contribution in [2.45, 2.75) is 70.8 Å². The van der Waals surface area contributed by atoms with E-state index >= 15 is 0 Å². The van der Waals surface area contributed by atoms with Crippen LogP contribution in [0.15, 0.2) is 0 Å². The molecule has 1 aliphatic rings. The SMILES string of the molecule is CCCCCC[SiH]1OC(C)C[SiH](C)O[SiH](C)O1. The van der Waals surface area contributed by atoms with Gasteiger partial charge in [-0.3, -0.25) is 0 Å². The second kappa shape index (κ2) is 8.60. The van der Waals surface area contributed by atoms with E-state index in [0.29, 0.717) is 6.10 Å². The summed E-state index contributed by atoms with van der Waals surface area (Å²) in [6, 6.07) is 2.32. The number of rotatable bonds is 5. The third-order valence-electron chi connectivity index (χ3n) is 3.11. The molecule has 0 N–H and O–H groups in total. The van der Waals surface area contributed by atoms with Crippen molar-refractivity contribution in [3.05, 3.63) is 0 Å². The molecular weight excluding hydrogens is 264 g/mol. The van der Waals surface area contributed by atoms with Gasteiger partial charge in [-0.2, -0.15) is 0 Å². The lowest BCUT2D eigenvalue weighted by molar-refractivity contribution is 0.183. The van der Waals surface area contributed by atoms with Crippen molar-refractivity contribution in [2.75, 3.05) is 0 Å². The Morgan fingerprint density at radius 1 is 1.12 bits per heavy atom. The van der Waals surface area contributed by atoms with Crippen molar-refractivity contribution in [3.63, 3.8) is 0 Å². The van der Waals surface area contributed by atoms with Gasteiger partial charge in [0.25, 0.3) is 9.28 Å². The molecule has 0 spiro atoms. The molecule has 0 bridgehead atoms. The maximum absolute atomic E-state index is 6.12. The van der Waals surface area contributed by atoms with Gasteiger partial charge in [0.1, 0.15) is 0 Å². The summed E-state index contributed by atoms with van der Waals surface area (Å²) in [6.45, 7) is 8.85. The van der Waals surface area contributed by atoms with Crippen LogP contribution < -0.4 is 0 Å². The fourth-order valence-corrected chi connectivity index (χ4v) is 11.4. The van der Waals surface area contributed by atoms with E-state index in [1.807, 2.05) is 0 Å². The van der Waals surface area contributed by atoms with Gasteiger partial charge in [0.05, 0.1) is 0 Å². The molecule has 0 aromatic rings. The first-order chi connectivity index (χ1) is 8.11. The molecule has 0 aromatic carbocycles. The molecule has 1 fully saturated rings. The van der Waals surface area contributed by atoms with Crippen LogP contribution >= 0.6 is 0 Å². The first-order valence-electron chi connectivity index (χ1n) is 7.08. The minimum absolute atomic E-state index is 0.362. The Labute approximate surface area is 111 Å². The molecule has 0 aromatic heterocycles. The Kier molecular flexibility index (Phi) is 7.89. The van der Waals surface area contributed by atoms with E-state index in [-0.39, 0.29) is 0 Å². The van der Waals surface area contributed by atoms with Gasteiger partial charge >= 0.3 is 9.28 Å². The molecule has 102 valence electrons. The van der Waals surface area contributed by atoms with Crippen LogP contribution in [-0.2, 0) is 12.7 Å². The van der Waals surface area contributed by atoms with Crippen LogP contribution in [0.1, 0.15) is 39.5 Å². The monoisotopic (exact) mass is 292 g/mol. The Morgan fingerprint density at radius 3 is 2.59 bits per heavy atom. The maximum atomic E-state index is 6.12. The summed E-state index contributed by atoms with van der Waals surface area (Å²) in [6.07, 6.45) is 5.58. The summed E-state index contributed by atoms with van der Waals surface area (Å²) in [4.78, 5) is 0. The minimum atomic E-state index is -1.43. The lowest BCUT2D eigenvalue weighted by Crippen LogP contribution is -2.41. The van der Waals surface area contributed by atoms with Crippen LogP contribution in [0.5, 0.6) is 0 Å². The zero-order valence-electron chi connectivity index (χ0n) is 11.8. The maximum Gasteiger partial charge on any atom is 0.312 e. The molecule has 1 rings (SSSR count). The summed E-state index contributed by atoms with van der Waals surface area (Å²) in [5, 5.41) is 0. The van der Waals surface area contributed by atoms with E-state index in [4.69, 9.17) is 12.7 Å². The Balaban J connectivity index is 2.31. The van der Waals surface area contributed by atoms with Gasteiger partial charge < -0.3 is 12.7 Å². The van der Waals surface area contributed by atoms with Crippen LogP contribution in [0.25, 0.3) is 0 Å². The second-order valence-corrected chi connectivity index (χ2v) is 12.2. The Morgan fingerprint density at radius 2 is 1.88 bits per heavy atom. The van der Waals surface area contributed by atoms with E-state index in [9.17, 15) is 0 Å². The van der Waals surface area contributed by atoms with Crippen LogP contribution in [0.2, 0.25) is 25.2 Å². The van der Waals surface area contributed by atoms with E-state index < -0.39 is 27.6 Å². The van der Waals surface area contributed by atoms with Crippen molar-refractivity contribution in [2.24, 2.45) is 0 Å². The normalized spacial score (nSPS) is 35.3. The molecule has 17 heavy (non-hydrogen) atoms. The molecule has 0 amide bonds. The third-order valence-corrected chi connectivity index (χ3v) is 12.2. The largest absolute Gasteiger partial charge is 0.441 e. The lowest BCUT2D eigenvalue weighted by Gasteiger charge is -2.30. The molecule has 6 heteroatoms. The highest BCUT2D eigenvalue weighted by Gasteiger charge is 2.26. The van der Waals surface area contributed by atoms with Gasteiger partial charge in [0.2, 0.25) is 0 Å². The quantitative estimate of drug-likeness (QED) is 0.575. The van der Waals surface area contributed by atoms with Gasteiger partial charge in [-0.15, -0.1) is 0 Å². The highest BCUT2D eigenvalue weighted by Crippen LogP contribution is 2.17. The van der Waals surface area contributed by atoms with Crippen molar-refractivity contribution in [1.29, 1.82) is 0 Å². The summed E-state index contributed by atoms with van der Waals surface area (Å²) in [5.41, 5.74) is 0. The number of hydrogen-bond donors (Lipinski definition) is 0. The summed E-state index contributed by atoms with van der Waals surface area (Å²) in [7, 11) is -3.81. The minimum Gasteiger partial charge on any atom is -0.441 e. The number of unbranched alkanes of at least 4 members (excludes halogenated alkanes) is 3. The third kappa shape index (κ3) is 6.88. The molecular formula is C11H28O3Si3. The van der Waals surface area contributed by atoms with Gasteiger partial charge in [-0.05, 0) is 32.1 Å². The smallest absolute Gasteiger partial charge is 0.312 e. The first kappa shape index (κ1) is 15.6. The molecule has 1 heterocycles. The highest BCUT2D eigenvalue weighted by molar-refractivity contribution is 6.67. The average molecular weight is 293 g/mol. The van der Waals surface area contributed by atoms with Crippen LogP contribution in [-0.4, -0.2) is 33.7 Å². The van der Waals surface area contributed by atoms with Gasteiger partial charge in [0, 0.05) is 6.10 Å². The van der Waals surface area contributed by atoms with E-state index in [1.165, 1.54) is 31.7 Å².